The van der Waals surface area contributed by atoms with Crippen LogP contribution in [0.3, 0.4) is 0 Å². The van der Waals surface area contributed by atoms with Crippen molar-refractivity contribution in [3.63, 3.8) is 0 Å². The molecule has 0 aliphatic heterocycles. The molecule has 0 aliphatic rings. The molecule has 0 saturated heterocycles. The normalized spacial score (nSPS) is 16.5. The fourth-order valence-electron chi connectivity index (χ4n) is 6.74. The smallest absolute Gasteiger partial charge is 0.143 e. The monoisotopic (exact) mass is 639 g/mol. The molecule has 0 bridgehead atoms. The number of rotatable bonds is 4. The van der Waals surface area contributed by atoms with E-state index in [1.54, 1.807) is 78.9 Å². The molecule has 0 spiro atoms. The molecule has 228 valence electrons. The molecule has 0 aliphatic carbocycles. The van der Waals surface area contributed by atoms with Gasteiger partial charge in [-0.15, -0.1) is 0 Å². The fraction of sp³-hybridized carbons (Fsp3) is 0. The van der Waals surface area contributed by atoms with Crippen LogP contribution in [0, 0.1) is 0 Å². The lowest BCUT2D eigenvalue weighted by atomic mass is 9.83. The van der Waals surface area contributed by atoms with Gasteiger partial charge in [0.1, 0.15) is 11.2 Å². The number of fused-ring (bicyclic) bond motifs is 7. The van der Waals surface area contributed by atoms with Crippen molar-refractivity contribution in [2.24, 2.45) is 0 Å². The average molecular weight is 640 g/mol. The first-order valence-electron chi connectivity index (χ1n) is 24.0. The second-order valence-electron chi connectivity index (χ2n) is 11.5. The second-order valence-corrected chi connectivity index (χ2v) is 11.5. The van der Waals surface area contributed by atoms with E-state index < -0.39 is 96.7 Å². The van der Waals surface area contributed by atoms with Crippen LogP contribution in [0.4, 0.5) is 0 Å². The maximum absolute atomic E-state index is 10.0. The van der Waals surface area contributed by atoms with E-state index in [0.717, 1.165) is 0 Å². The summed E-state index contributed by atoms with van der Waals surface area (Å²) in [5, 5.41) is 1.09. The summed E-state index contributed by atoms with van der Waals surface area (Å²) >= 11 is 0. The Morgan fingerprint density at radius 1 is 0.388 bits per heavy atom. The van der Waals surface area contributed by atoms with Gasteiger partial charge < -0.3 is 4.42 Å². The van der Waals surface area contributed by atoms with Crippen molar-refractivity contribution in [3.05, 3.63) is 182 Å². The number of benzene rings is 9. The maximum Gasteiger partial charge on any atom is 0.143 e. The zero-order valence-electron chi connectivity index (χ0n) is 42.4. The lowest BCUT2D eigenvalue weighted by Crippen LogP contribution is -1.92. The van der Waals surface area contributed by atoms with Crippen molar-refractivity contribution in [3.8, 4) is 44.5 Å². The van der Waals surface area contributed by atoms with Gasteiger partial charge in [0.05, 0.1) is 23.3 Å². The molecule has 9 aromatic carbocycles. The van der Waals surface area contributed by atoms with Gasteiger partial charge in [-0.05, 0) is 89.6 Å². The highest BCUT2D eigenvalue weighted by molar-refractivity contribution is 6.27. The largest absolute Gasteiger partial charge is 0.455 e. The van der Waals surface area contributed by atoms with Gasteiger partial charge in [0.25, 0.3) is 0 Å². The van der Waals surface area contributed by atoms with Crippen LogP contribution < -0.4 is 0 Å². The molecular weight excluding hydrogens is 593 g/mol. The van der Waals surface area contributed by atoms with Crippen LogP contribution in [0.1, 0.15) is 23.3 Å². The summed E-state index contributed by atoms with van der Waals surface area (Å²) in [5.41, 5.74) is 0.0869. The van der Waals surface area contributed by atoms with Gasteiger partial charge in [-0.3, -0.25) is 0 Å². The summed E-state index contributed by atoms with van der Waals surface area (Å²) in [6.45, 7) is 0. The van der Waals surface area contributed by atoms with Crippen LogP contribution in [0.25, 0.3) is 98.8 Å². The first-order chi connectivity index (χ1) is 31.4. The molecule has 0 fully saturated rings. The molecule has 10 aromatic rings. The predicted molar refractivity (Wildman–Crippen MR) is 208 cm³/mol. The molecule has 0 unspecified atom stereocenters. The molecule has 0 atom stereocenters. The molecule has 49 heavy (non-hydrogen) atoms. The molecular formula is C48H30O. The van der Waals surface area contributed by atoms with Crippen molar-refractivity contribution >= 4 is 54.3 Å². The highest BCUT2D eigenvalue weighted by Crippen LogP contribution is 2.48. The van der Waals surface area contributed by atoms with Crippen molar-refractivity contribution in [1.29, 1.82) is 0 Å². The summed E-state index contributed by atoms with van der Waals surface area (Å²) < 4.78 is 159. The van der Waals surface area contributed by atoms with Crippen molar-refractivity contribution in [2.45, 2.75) is 0 Å². The molecule has 0 N–H and O–H groups in total. The summed E-state index contributed by atoms with van der Waals surface area (Å²) in [7, 11) is 0. The van der Waals surface area contributed by atoms with Crippen molar-refractivity contribution < 1.29 is 27.7 Å². The van der Waals surface area contributed by atoms with Crippen LogP contribution in [-0.2, 0) is 0 Å². The zero-order valence-corrected chi connectivity index (χ0v) is 25.4. The summed E-state index contributed by atoms with van der Waals surface area (Å²) in [5.74, 6) is 0. The molecule has 1 heteroatoms. The van der Waals surface area contributed by atoms with Crippen molar-refractivity contribution in [2.75, 3.05) is 0 Å². The van der Waals surface area contributed by atoms with E-state index in [2.05, 4.69) is 0 Å². The molecule has 1 heterocycles. The standard InChI is InChI=1S/C48H30O/c1-3-14-31(15-4-1)35-28-27-34(30-43(35)32-16-5-2-6-17-32)45-37-20-9-11-22-39(37)46(40-23-12-10-21-38(40)45)41-24-13-25-44-47(41)42-29-26-33-18-7-8-19-36(33)48(42)49-44/h1-30H/i1D,3D,4D,7D,8D,13D,14D,15D,18D,19D,24D,25D,26D,27D,28D,29D,30D. The summed E-state index contributed by atoms with van der Waals surface area (Å²) in [4.78, 5) is 0. The van der Waals surface area contributed by atoms with Crippen molar-refractivity contribution in [1.82, 2.24) is 0 Å². The van der Waals surface area contributed by atoms with E-state index in [9.17, 15) is 6.85 Å². The first kappa shape index (κ1) is 15.6. The van der Waals surface area contributed by atoms with E-state index in [-0.39, 0.29) is 66.6 Å². The Labute approximate surface area is 308 Å². The molecule has 10 rings (SSSR count). The Bertz CT molecular complexity index is 3760. The first-order valence-corrected chi connectivity index (χ1v) is 15.5. The molecule has 0 amide bonds. The van der Waals surface area contributed by atoms with E-state index in [4.69, 9.17) is 20.9 Å². The second kappa shape index (κ2) is 11.1. The van der Waals surface area contributed by atoms with Crippen LogP contribution in [0.15, 0.2) is 186 Å². The third kappa shape index (κ3) is 4.33. The lowest BCUT2D eigenvalue weighted by Gasteiger charge is -2.19. The van der Waals surface area contributed by atoms with Crippen LogP contribution in [0.2, 0.25) is 0 Å². The third-order valence-electron chi connectivity index (χ3n) is 8.81. The Balaban J connectivity index is 1.40. The maximum atomic E-state index is 10.0. The third-order valence-corrected chi connectivity index (χ3v) is 8.81. The van der Waals surface area contributed by atoms with Crippen LogP contribution in [-0.4, -0.2) is 0 Å². The highest BCUT2D eigenvalue weighted by atomic mass is 16.3. The Hall–Kier alpha value is -6.44. The van der Waals surface area contributed by atoms with E-state index in [0.29, 0.717) is 38.2 Å². The minimum atomic E-state index is -0.643. The zero-order chi connectivity index (χ0) is 47.1. The topological polar surface area (TPSA) is 13.1 Å². The number of furan rings is 1. The van der Waals surface area contributed by atoms with Gasteiger partial charge in [-0.25, -0.2) is 0 Å². The quantitative estimate of drug-likeness (QED) is 0.175. The summed E-state index contributed by atoms with van der Waals surface area (Å²) in [6.07, 6.45) is 0. The Morgan fingerprint density at radius 2 is 1.06 bits per heavy atom. The Kier molecular flexibility index (Phi) is 3.54. The average Bonchev–Trinajstić information content (AvgIpc) is 3.72. The minimum Gasteiger partial charge on any atom is -0.455 e. The van der Waals surface area contributed by atoms with E-state index in [1.165, 1.54) is 0 Å². The van der Waals surface area contributed by atoms with Crippen LogP contribution in [0.5, 0.6) is 0 Å². The molecule has 1 aromatic heterocycles. The van der Waals surface area contributed by atoms with Gasteiger partial charge in [0.15, 0.2) is 0 Å². The molecule has 1 nitrogen and oxygen atoms in total. The summed E-state index contributed by atoms with van der Waals surface area (Å²) in [6, 6.07) is 13.0. The SMILES string of the molecule is [2H]c1c([2H])c([2H])c(-c2c([2H])c([2H])c(-c3c4ccccc4c(-c4c([2H])c([2H])c([2H])c5oc6c7c([2H])c([2H])c([2H])c([2H])c7c([2H])c([2H])c6c45)c4ccccc34)c([2H])c2-c2ccccc2)c([2H])c1[2H]. The molecule has 0 radical (unpaired) electrons. The number of hydrogen-bond donors (Lipinski definition) is 0. The van der Waals surface area contributed by atoms with E-state index in [1.807, 2.05) is 0 Å². The van der Waals surface area contributed by atoms with Gasteiger partial charge in [-0.1, -0.05) is 163 Å². The molecule has 0 saturated carbocycles. The van der Waals surface area contributed by atoms with Gasteiger partial charge in [-0.2, -0.15) is 0 Å². The number of hydrogen-bond acceptors (Lipinski definition) is 1. The predicted octanol–water partition coefficient (Wildman–Crippen LogP) is 13.7. The minimum absolute atomic E-state index is 0.00277. The fourth-order valence-corrected chi connectivity index (χ4v) is 6.74. The lowest BCUT2D eigenvalue weighted by molar-refractivity contribution is 0.673. The van der Waals surface area contributed by atoms with Gasteiger partial charge in [0, 0.05) is 16.2 Å². The van der Waals surface area contributed by atoms with Gasteiger partial charge in [0.2, 0.25) is 0 Å². The highest BCUT2D eigenvalue weighted by Gasteiger charge is 2.21. The Morgan fingerprint density at radius 3 is 1.82 bits per heavy atom. The van der Waals surface area contributed by atoms with E-state index >= 15 is 0 Å². The van der Waals surface area contributed by atoms with Gasteiger partial charge >= 0.3 is 0 Å². The van der Waals surface area contributed by atoms with Crippen LogP contribution >= 0.6 is 0 Å².